The molecule has 0 radical (unpaired) electrons. The van der Waals surface area contributed by atoms with Gasteiger partial charge in [-0.3, -0.25) is 0 Å². The summed E-state index contributed by atoms with van der Waals surface area (Å²) < 4.78 is 13.0. The molecule has 128 valence electrons. The van der Waals surface area contributed by atoms with Crippen molar-refractivity contribution in [2.75, 3.05) is 0 Å². The standard InChI is InChI=1S/C21H27FN2/c1-2-3-16-4-6-17(7-5-16)8-9-18-14-23-21(24-15-18)19-10-12-20(22)13-11-19/h10-17H,2-9H2,1H3. The third kappa shape index (κ3) is 4.62. The predicted octanol–water partition coefficient (Wildman–Crippen LogP) is 5.82. The molecule has 2 aromatic rings. The molecule has 1 heterocycles. The molecule has 1 saturated carbocycles. The Balaban J connectivity index is 1.49. The number of halogens is 1. The predicted molar refractivity (Wildman–Crippen MR) is 96.1 cm³/mol. The van der Waals surface area contributed by atoms with Gasteiger partial charge in [-0.2, -0.15) is 0 Å². The van der Waals surface area contributed by atoms with Crippen LogP contribution in [0.15, 0.2) is 36.7 Å². The lowest BCUT2D eigenvalue weighted by molar-refractivity contribution is 0.252. The fourth-order valence-electron chi connectivity index (χ4n) is 3.82. The summed E-state index contributed by atoms with van der Waals surface area (Å²) >= 11 is 0. The molecule has 0 N–H and O–H groups in total. The fraction of sp³-hybridized carbons (Fsp3) is 0.524. The zero-order chi connectivity index (χ0) is 16.8. The topological polar surface area (TPSA) is 25.8 Å². The van der Waals surface area contributed by atoms with Gasteiger partial charge >= 0.3 is 0 Å². The summed E-state index contributed by atoms with van der Waals surface area (Å²) in [6, 6.07) is 6.33. The molecule has 0 saturated heterocycles. The van der Waals surface area contributed by atoms with Gasteiger partial charge in [0.1, 0.15) is 5.82 Å². The third-order valence-corrected chi connectivity index (χ3v) is 5.31. The number of benzene rings is 1. The van der Waals surface area contributed by atoms with Gasteiger partial charge in [0.2, 0.25) is 0 Å². The van der Waals surface area contributed by atoms with Gasteiger partial charge < -0.3 is 0 Å². The van der Waals surface area contributed by atoms with Gasteiger partial charge in [-0.1, -0.05) is 45.4 Å². The lowest BCUT2D eigenvalue weighted by Crippen LogP contribution is -2.15. The maximum absolute atomic E-state index is 13.0. The first kappa shape index (κ1) is 17.1. The molecule has 0 atom stereocenters. The van der Waals surface area contributed by atoms with Gasteiger partial charge in [-0.05, 0) is 54.5 Å². The molecule has 1 fully saturated rings. The summed E-state index contributed by atoms with van der Waals surface area (Å²) in [5.41, 5.74) is 2.06. The van der Waals surface area contributed by atoms with Crippen molar-refractivity contribution < 1.29 is 4.39 Å². The molecule has 1 aliphatic rings. The normalized spacial score (nSPS) is 20.9. The lowest BCUT2D eigenvalue weighted by Gasteiger charge is -2.28. The average Bonchev–Trinajstić information content (AvgIpc) is 2.63. The zero-order valence-electron chi connectivity index (χ0n) is 14.5. The Morgan fingerprint density at radius 3 is 2.08 bits per heavy atom. The molecule has 0 bridgehead atoms. The molecule has 24 heavy (non-hydrogen) atoms. The van der Waals surface area contributed by atoms with Crippen molar-refractivity contribution in [2.45, 2.75) is 58.3 Å². The lowest BCUT2D eigenvalue weighted by atomic mass is 9.78. The van der Waals surface area contributed by atoms with E-state index in [1.54, 1.807) is 12.1 Å². The maximum Gasteiger partial charge on any atom is 0.159 e. The molecule has 3 heteroatoms. The van der Waals surface area contributed by atoms with Crippen LogP contribution < -0.4 is 0 Å². The zero-order valence-corrected chi connectivity index (χ0v) is 14.5. The van der Waals surface area contributed by atoms with Crippen LogP contribution in [-0.4, -0.2) is 9.97 Å². The van der Waals surface area contributed by atoms with Crippen molar-refractivity contribution in [3.8, 4) is 11.4 Å². The van der Waals surface area contributed by atoms with Gasteiger partial charge in [0.15, 0.2) is 5.82 Å². The minimum absolute atomic E-state index is 0.232. The van der Waals surface area contributed by atoms with Crippen LogP contribution in [0, 0.1) is 17.7 Å². The van der Waals surface area contributed by atoms with E-state index in [4.69, 9.17) is 0 Å². The SMILES string of the molecule is CCCC1CCC(CCc2cnc(-c3ccc(F)cc3)nc2)CC1. The summed E-state index contributed by atoms with van der Waals surface area (Å²) in [5, 5.41) is 0. The Kier molecular flexibility index (Phi) is 5.95. The number of rotatable bonds is 6. The van der Waals surface area contributed by atoms with Crippen molar-refractivity contribution >= 4 is 0 Å². The van der Waals surface area contributed by atoms with Crippen LogP contribution >= 0.6 is 0 Å². The maximum atomic E-state index is 13.0. The molecule has 1 aromatic heterocycles. The second-order valence-corrected chi connectivity index (χ2v) is 7.14. The second-order valence-electron chi connectivity index (χ2n) is 7.14. The Labute approximate surface area is 144 Å². The van der Waals surface area contributed by atoms with E-state index in [9.17, 15) is 4.39 Å². The Morgan fingerprint density at radius 1 is 0.917 bits per heavy atom. The van der Waals surface area contributed by atoms with Crippen LogP contribution in [0.4, 0.5) is 4.39 Å². The Bertz CT molecular complexity index is 613. The summed E-state index contributed by atoms with van der Waals surface area (Å²) in [4.78, 5) is 8.89. The molecular formula is C21H27FN2. The summed E-state index contributed by atoms with van der Waals surface area (Å²) in [6.07, 6.45) is 14.5. The molecule has 0 unspecified atom stereocenters. The number of aryl methyl sites for hydroxylation is 1. The first-order valence-electron chi connectivity index (χ1n) is 9.31. The van der Waals surface area contributed by atoms with E-state index in [0.29, 0.717) is 5.82 Å². The van der Waals surface area contributed by atoms with Gasteiger partial charge in [-0.15, -0.1) is 0 Å². The highest BCUT2D eigenvalue weighted by atomic mass is 19.1. The van der Waals surface area contributed by atoms with Gasteiger partial charge in [-0.25, -0.2) is 14.4 Å². The first-order valence-corrected chi connectivity index (χ1v) is 9.31. The van der Waals surface area contributed by atoms with Gasteiger partial charge in [0.05, 0.1) is 0 Å². The molecule has 0 spiro atoms. The number of nitrogens with zero attached hydrogens (tertiary/aromatic N) is 2. The van der Waals surface area contributed by atoms with Crippen molar-refractivity contribution in [3.05, 3.63) is 48.0 Å². The fourth-order valence-corrected chi connectivity index (χ4v) is 3.82. The van der Waals surface area contributed by atoms with Crippen LogP contribution in [0.25, 0.3) is 11.4 Å². The molecule has 2 nitrogen and oxygen atoms in total. The number of hydrogen-bond donors (Lipinski definition) is 0. The molecule has 1 aliphatic carbocycles. The molecule has 0 aliphatic heterocycles. The van der Waals surface area contributed by atoms with Crippen LogP contribution in [0.2, 0.25) is 0 Å². The third-order valence-electron chi connectivity index (χ3n) is 5.31. The highest BCUT2D eigenvalue weighted by molar-refractivity contribution is 5.54. The van der Waals surface area contributed by atoms with E-state index in [2.05, 4.69) is 16.9 Å². The minimum Gasteiger partial charge on any atom is -0.236 e. The van der Waals surface area contributed by atoms with Gasteiger partial charge in [0.25, 0.3) is 0 Å². The minimum atomic E-state index is -0.232. The van der Waals surface area contributed by atoms with Crippen molar-refractivity contribution in [3.63, 3.8) is 0 Å². The van der Waals surface area contributed by atoms with E-state index in [0.717, 1.165) is 23.8 Å². The Morgan fingerprint density at radius 2 is 1.50 bits per heavy atom. The Hall–Kier alpha value is -1.77. The van der Waals surface area contributed by atoms with E-state index in [-0.39, 0.29) is 5.82 Å². The van der Waals surface area contributed by atoms with Crippen molar-refractivity contribution in [1.82, 2.24) is 9.97 Å². The van der Waals surface area contributed by atoms with E-state index >= 15 is 0 Å². The summed E-state index contributed by atoms with van der Waals surface area (Å²) in [5.74, 6) is 2.28. The van der Waals surface area contributed by atoms with Crippen LogP contribution in [0.5, 0.6) is 0 Å². The van der Waals surface area contributed by atoms with Crippen LogP contribution in [0.1, 0.15) is 57.4 Å². The van der Waals surface area contributed by atoms with Crippen LogP contribution in [-0.2, 0) is 6.42 Å². The second kappa shape index (κ2) is 8.36. The molecule has 0 amide bonds. The van der Waals surface area contributed by atoms with Crippen molar-refractivity contribution in [2.24, 2.45) is 11.8 Å². The smallest absolute Gasteiger partial charge is 0.159 e. The largest absolute Gasteiger partial charge is 0.236 e. The van der Waals surface area contributed by atoms with Crippen LogP contribution in [0.3, 0.4) is 0 Å². The van der Waals surface area contributed by atoms with Crippen molar-refractivity contribution in [1.29, 1.82) is 0 Å². The van der Waals surface area contributed by atoms with E-state index < -0.39 is 0 Å². The van der Waals surface area contributed by atoms with Gasteiger partial charge in [0, 0.05) is 18.0 Å². The van der Waals surface area contributed by atoms with E-state index in [1.165, 1.54) is 62.6 Å². The summed E-state index contributed by atoms with van der Waals surface area (Å²) in [6.45, 7) is 2.29. The monoisotopic (exact) mass is 326 g/mol. The molecule has 3 rings (SSSR count). The highest BCUT2D eigenvalue weighted by Crippen LogP contribution is 2.33. The average molecular weight is 326 g/mol. The molecular weight excluding hydrogens is 299 g/mol. The van der Waals surface area contributed by atoms with E-state index in [1.807, 2.05) is 12.4 Å². The first-order chi connectivity index (χ1) is 11.7. The number of aromatic nitrogens is 2. The molecule has 1 aromatic carbocycles. The summed E-state index contributed by atoms with van der Waals surface area (Å²) in [7, 11) is 0. The highest BCUT2D eigenvalue weighted by Gasteiger charge is 2.20. The number of hydrogen-bond acceptors (Lipinski definition) is 2. The quantitative estimate of drug-likeness (QED) is 0.668.